The summed E-state index contributed by atoms with van der Waals surface area (Å²) in [7, 11) is 1.63. The molecule has 0 spiro atoms. The maximum atomic E-state index is 6.15. The predicted octanol–water partition coefficient (Wildman–Crippen LogP) is 6.41. The van der Waals surface area contributed by atoms with Gasteiger partial charge in [-0.1, -0.05) is 42.0 Å². The highest BCUT2D eigenvalue weighted by atomic mass is 79.9. The molecule has 0 unspecified atom stereocenters. The Balaban J connectivity index is 1.56. The van der Waals surface area contributed by atoms with E-state index in [0.717, 1.165) is 21.2 Å². The monoisotopic (exact) mass is 554 g/mol. The van der Waals surface area contributed by atoms with Gasteiger partial charge in [-0.2, -0.15) is 5.10 Å². The van der Waals surface area contributed by atoms with Crippen molar-refractivity contribution < 1.29 is 14.2 Å². The summed E-state index contributed by atoms with van der Waals surface area (Å²) in [6.45, 7) is 5.47. The van der Waals surface area contributed by atoms with Crippen LogP contribution in [-0.2, 0) is 13.2 Å². The molecule has 0 bridgehead atoms. The number of hydrogen-bond acceptors (Lipinski definition) is 6. The quantitative estimate of drug-likeness (QED) is 0.221. The van der Waals surface area contributed by atoms with Crippen molar-refractivity contribution in [3.05, 3.63) is 86.6 Å². The van der Waals surface area contributed by atoms with Crippen molar-refractivity contribution in [3.8, 4) is 28.6 Å². The van der Waals surface area contributed by atoms with Crippen LogP contribution in [-0.4, -0.2) is 28.6 Å². The summed E-state index contributed by atoms with van der Waals surface area (Å²) >= 11 is 9.12. The first-order chi connectivity index (χ1) is 17.0. The summed E-state index contributed by atoms with van der Waals surface area (Å²) < 4.78 is 20.6. The summed E-state index contributed by atoms with van der Waals surface area (Å²) in [6, 6.07) is 19.9. The minimum Gasteiger partial charge on any atom is -0.496 e. The van der Waals surface area contributed by atoms with Gasteiger partial charge in [0.05, 0.1) is 30.3 Å². The molecule has 9 heteroatoms. The Kier molecular flexibility index (Phi) is 8.09. The summed E-state index contributed by atoms with van der Waals surface area (Å²) in [4.78, 5) is 0. The molecule has 1 heterocycles. The maximum absolute atomic E-state index is 6.15. The van der Waals surface area contributed by atoms with E-state index in [1.54, 1.807) is 11.8 Å². The number of aryl methyl sites for hydroxylation is 1. The Morgan fingerprint density at radius 3 is 2.63 bits per heavy atom. The zero-order valence-electron chi connectivity index (χ0n) is 19.8. The van der Waals surface area contributed by atoms with Crippen molar-refractivity contribution >= 4 is 28.1 Å². The molecule has 0 aliphatic carbocycles. The first-order valence-corrected chi connectivity index (χ1v) is 12.4. The Morgan fingerprint density at radius 2 is 1.86 bits per heavy atom. The zero-order chi connectivity index (χ0) is 24.8. The van der Waals surface area contributed by atoms with E-state index in [4.69, 9.17) is 26.4 Å². The fourth-order valence-electron chi connectivity index (χ4n) is 3.71. The molecule has 4 aromatic rings. The van der Waals surface area contributed by atoms with Crippen LogP contribution in [0.1, 0.15) is 23.6 Å². The molecule has 0 aliphatic heterocycles. The fourth-order valence-corrected chi connectivity index (χ4v) is 4.51. The van der Waals surface area contributed by atoms with Gasteiger partial charge in [-0.3, -0.25) is 0 Å². The molecular weight excluding hydrogens is 528 g/mol. The van der Waals surface area contributed by atoms with E-state index in [1.165, 1.54) is 5.56 Å². The van der Waals surface area contributed by atoms with Crippen molar-refractivity contribution in [2.75, 3.05) is 19.1 Å². The van der Waals surface area contributed by atoms with Crippen molar-refractivity contribution in [3.63, 3.8) is 0 Å². The number of ether oxygens (including phenoxy) is 3. The van der Waals surface area contributed by atoms with Crippen LogP contribution in [0.15, 0.2) is 65.1 Å². The average molecular weight is 555 g/mol. The Hall–Kier alpha value is -3.30. The van der Waals surface area contributed by atoms with Gasteiger partial charge in [0.25, 0.3) is 0 Å². The van der Waals surface area contributed by atoms with E-state index < -0.39 is 0 Å². The third kappa shape index (κ3) is 5.86. The number of benzene rings is 3. The topological polar surface area (TPSA) is 73.3 Å². The van der Waals surface area contributed by atoms with Crippen LogP contribution in [0.4, 0.5) is 0 Å². The van der Waals surface area contributed by atoms with E-state index in [1.807, 2.05) is 55.5 Å². The molecule has 0 aliphatic rings. The third-order valence-corrected chi connectivity index (χ3v) is 6.16. The summed E-state index contributed by atoms with van der Waals surface area (Å²) in [5, 5.41) is 7.25. The lowest BCUT2D eigenvalue weighted by Crippen LogP contribution is -2.16. The van der Waals surface area contributed by atoms with Crippen molar-refractivity contribution in [1.82, 2.24) is 14.9 Å². The van der Waals surface area contributed by atoms with Gasteiger partial charge in [-0.05, 0) is 77.4 Å². The molecule has 0 radical (unpaired) electrons. The van der Waals surface area contributed by atoms with Gasteiger partial charge in [-0.25, -0.2) is 9.77 Å². The maximum Gasteiger partial charge on any atom is 0.214 e. The molecule has 0 amide bonds. The molecule has 7 nitrogen and oxygen atoms in total. The second-order valence-electron chi connectivity index (χ2n) is 7.84. The Morgan fingerprint density at radius 1 is 1.03 bits per heavy atom. The van der Waals surface area contributed by atoms with Crippen molar-refractivity contribution in [2.45, 2.75) is 27.0 Å². The molecule has 0 atom stereocenters. The number of aromatic nitrogens is 3. The second-order valence-corrected chi connectivity index (χ2v) is 9.08. The SMILES string of the molecule is CCOc1cc(CNn2c(-c3ccccc3OC)n[nH]c2=S)cc(Br)c1OCc1cccc(C)c1. The van der Waals surface area contributed by atoms with E-state index in [0.29, 0.717) is 47.6 Å². The molecule has 182 valence electrons. The lowest BCUT2D eigenvalue weighted by molar-refractivity contribution is 0.267. The predicted molar refractivity (Wildman–Crippen MR) is 143 cm³/mol. The number of methoxy groups -OCH3 is 1. The highest BCUT2D eigenvalue weighted by Crippen LogP contribution is 2.37. The fraction of sp³-hybridized carbons (Fsp3) is 0.231. The van der Waals surface area contributed by atoms with Crippen LogP contribution < -0.4 is 19.6 Å². The minimum atomic E-state index is 0.449. The number of para-hydroxylation sites is 1. The second kappa shape index (κ2) is 11.4. The zero-order valence-corrected chi connectivity index (χ0v) is 22.2. The third-order valence-electron chi connectivity index (χ3n) is 5.30. The summed E-state index contributed by atoms with van der Waals surface area (Å²) in [5.74, 6) is 2.69. The highest BCUT2D eigenvalue weighted by Gasteiger charge is 2.16. The van der Waals surface area contributed by atoms with Crippen LogP contribution in [0, 0.1) is 11.7 Å². The minimum absolute atomic E-state index is 0.449. The number of nitrogens with zero attached hydrogens (tertiary/aromatic N) is 2. The molecule has 0 fully saturated rings. The number of halogens is 1. The van der Waals surface area contributed by atoms with Gasteiger partial charge < -0.3 is 19.6 Å². The Bertz CT molecular complexity index is 1370. The first kappa shape index (κ1) is 24.8. The Labute approximate surface area is 218 Å². The van der Waals surface area contributed by atoms with Gasteiger partial charge >= 0.3 is 0 Å². The van der Waals surface area contributed by atoms with Gasteiger partial charge in [0.2, 0.25) is 4.77 Å². The standard InChI is InChI=1S/C26H27BrN4O3S/c1-4-33-23-14-19(13-21(27)24(23)34-16-18-9-7-8-17(2)12-18)15-28-31-25(29-30-26(31)35)20-10-5-6-11-22(20)32-3/h5-14,28H,4,15-16H2,1-3H3,(H,30,35). The van der Waals surface area contributed by atoms with Crippen LogP contribution in [0.5, 0.6) is 17.2 Å². The normalized spacial score (nSPS) is 10.7. The van der Waals surface area contributed by atoms with E-state index in [-0.39, 0.29) is 0 Å². The summed E-state index contributed by atoms with van der Waals surface area (Å²) in [6.07, 6.45) is 0. The number of hydrogen-bond donors (Lipinski definition) is 2. The lowest BCUT2D eigenvalue weighted by atomic mass is 10.1. The van der Waals surface area contributed by atoms with Gasteiger partial charge in [0.1, 0.15) is 12.4 Å². The van der Waals surface area contributed by atoms with Crippen molar-refractivity contribution in [2.24, 2.45) is 0 Å². The van der Waals surface area contributed by atoms with Crippen molar-refractivity contribution in [1.29, 1.82) is 0 Å². The molecule has 35 heavy (non-hydrogen) atoms. The lowest BCUT2D eigenvalue weighted by Gasteiger charge is -2.17. The van der Waals surface area contributed by atoms with Gasteiger partial charge in [0, 0.05) is 0 Å². The molecule has 1 aromatic heterocycles. The van der Waals surface area contributed by atoms with E-state index in [9.17, 15) is 0 Å². The summed E-state index contributed by atoms with van der Waals surface area (Å²) in [5.41, 5.74) is 7.46. The molecule has 3 aromatic carbocycles. The molecule has 4 rings (SSSR count). The molecule has 0 saturated carbocycles. The molecule has 2 N–H and O–H groups in total. The number of nitrogens with one attached hydrogen (secondary N) is 2. The number of aromatic amines is 1. The largest absolute Gasteiger partial charge is 0.496 e. The van der Waals surface area contributed by atoms with Crippen LogP contribution in [0.3, 0.4) is 0 Å². The highest BCUT2D eigenvalue weighted by molar-refractivity contribution is 9.10. The molecular formula is C26H27BrN4O3S. The number of rotatable bonds is 10. The first-order valence-electron chi connectivity index (χ1n) is 11.2. The van der Waals surface area contributed by atoms with Gasteiger partial charge in [0.15, 0.2) is 17.3 Å². The van der Waals surface area contributed by atoms with Crippen LogP contribution in [0.25, 0.3) is 11.4 Å². The van der Waals surface area contributed by atoms with E-state index >= 15 is 0 Å². The number of H-pyrrole nitrogens is 1. The van der Waals surface area contributed by atoms with E-state index in [2.05, 4.69) is 50.6 Å². The van der Waals surface area contributed by atoms with Crippen LogP contribution in [0.2, 0.25) is 0 Å². The molecule has 0 saturated heterocycles. The van der Waals surface area contributed by atoms with Crippen LogP contribution >= 0.6 is 28.1 Å². The average Bonchev–Trinajstić information content (AvgIpc) is 3.22. The van der Waals surface area contributed by atoms with Gasteiger partial charge in [-0.15, -0.1) is 0 Å². The smallest absolute Gasteiger partial charge is 0.214 e.